The van der Waals surface area contributed by atoms with Gasteiger partial charge in [0.1, 0.15) is 5.69 Å². The third kappa shape index (κ3) is 2.47. The van der Waals surface area contributed by atoms with Crippen LogP contribution in [0, 0.1) is 6.92 Å². The van der Waals surface area contributed by atoms with Crippen LogP contribution in [-0.4, -0.2) is 18.1 Å². The van der Waals surface area contributed by atoms with Crippen LogP contribution in [0.25, 0.3) is 0 Å². The molecule has 0 aromatic carbocycles. The molecule has 1 aromatic heterocycles. The third-order valence-electron chi connectivity index (χ3n) is 2.03. The lowest BCUT2D eigenvalue weighted by molar-refractivity contribution is 0.0586. The molecular weight excluding hydrogens is 240 g/mol. The SMILES string of the molecule is COC(=O)c1c(C)cc(CCl)nc1C(F)F. The van der Waals surface area contributed by atoms with Gasteiger partial charge in [0.15, 0.2) is 0 Å². The molecule has 0 unspecified atom stereocenters. The first-order chi connectivity index (χ1) is 7.51. The Labute approximate surface area is 96.4 Å². The molecule has 0 bridgehead atoms. The number of rotatable bonds is 3. The van der Waals surface area contributed by atoms with E-state index in [0.29, 0.717) is 11.3 Å². The van der Waals surface area contributed by atoms with Gasteiger partial charge in [0, 0.05) is 0 Å². The van der Waals surface area contributed by atoms with E-state index in [1.165, 1.54) is 13.0 Å². The Bertz CT molecular complexity index is 410. The molecule has 88 valence electrons. The molecule has 16 heavy (non-hydrogen) atoms. The first-order valence-corrected chi connectivity index (χ1v) is 4.97. The van der Waals surface area contributed by atoms with Crippen molar-refractivity contribution < 1.29 is 18.3 Å². The van der Waals surface area contributed by atoms with E-state index in [2.05, 4.69) is 9.72 Å². The van der Waals surface area contributed by atoms with E-state index >= 15 is 0 Å². The van der Waals surface area contributed by atoms with Gasteiger partial charge in [-0.15, -0.1) is 11.6 Å². The van der Waals surface area contributed by atoms with Crippen molar-refractivity contribution in [2.24, 2.45) is 0 Å². The predicted octanol–water partition coefficient (Wildman–Crippen LogP) is 2.85. The molecule has 1 heterocycles. The summed E-state index contributed by atoms with van der Waals surface area (Å²) in [6, 6.07) is 1.49. The number of carbonyl (C=O) groups is 1. The number of esters is 1. The molecule has 0 aliphatic heterocycles. The van der Waals surface area contributed by atoms with Crippen LogP contribution in [0.3, 0.4) is 0 Å². The van der Waals surface area contributed by atoms with Crippen molar-refractivity contribution in [3.63, 3.8) is 0 Å². The minimum atomic E-state index is -2.84. The maximum absolute atomic E-state index is 12.7. The zero-order chi connectivity index (χ0) is 12.3. The number of pyridine rings is 1. The summed E-state index contributed by atoms with van der Waals surface area (Å²) in [5.74, 6) is -0.802. The Kier molecular flexibility index (Phi) is 4.18. The van der Waals surface area contributed by atoms with Crippen molar-refractivity contribution in [2.45, 2.75) is 19.2 Å². The minimum absolute atomic E-state index is 0.0159. The summed E-state index contributed by atoms with van der Waals surface area (Å²) in [6.07, 6.45) is -2.84. The fourth-order valence-electron chi connectivity index (χ4n) is 1.36. The van der Waals surface area contributed by atoms with Gasteiger partial charge in [-0.05, 0) is 18.6 Å². The average molecular weight is 250 g/mol. The van der Waals surface area contributed by atoms with Gasteiger partial charge in [0.05, 0.1) is 24.2 Å². The molecule has 0 saturated carbocycles. The van der Waals surface area contributed by atoms with E-state index < -0.39 is 18.1 Å². The second kappa shape index (κ2) is 5.21. The Balaban J connectivity index is 3.39. The first kappa shape index (κ1) is 12.8. The van der Waals surface area contributed by atoms with Crippen molar-refractivity contribution in [1.82, 2.24) is 4.98 Å². The highest BCUT2D eigenvalue weighted by atomic mass is 35.5. The summed E-state index contributed by atoms with van der Waals surface area (Å²) in [5, 5.41) is 0. The molecule has 0 fully saturated rings. The molecule has 1 rings (SSSR count). The van der Waals surface area contributed by atoms with Crippen LogP contribution in [0.4, 0.5) is 8.78 Å². The fraction of sp³-hybridized carbons (Fsp3) is 0.400. The van der Waals surface area contributed by atoms with Gasteiger partial charge >= 0.3 is 5.97 Å². The number of hydrogen-bond acceptors (Lipinski definition) is 3. The minimum Gasteiger partial charge on any atom is -0.465 e. The quantitative estimate of drug-likeness (QED) is 0.611. The second-order valence-corrected chi connectivity index (χ2v) is 3.38. The number of aromatic nitrogens is 1. The van der Waals surface area contributed by atoms with Crippen LogP contribution in [0.15, 0.2) is 6.07 Å². The number of aryl methyl sites for hydroxylation is 1. The van der Waals surface area contributed by atoms with Crippen LogP contribution >= 0.6 is 11.6 Å². The van der Waals surface area contributed by atoms with Gasteiger partial charge in [-0.2, -0.15) is 0 Å². The fourth-order valence-corrected chi connectivity index (χ4v) is 1.50. The summed E-state index contributed by atoms with van der Waals surface area (Å²) in [7, 11) is 1.13. The number of carbonyl (C=O) groups excluding carboxylic acids is 1. The molecule has 0 saturated heterocycles. The van der Waals surface area contributed by atoms with E-state index in [1.807, 2.05) is 0 Å². The van der Waals surface area contributed by atoms with Crippen LogP contribution in [0.1, 0.15) is 33.7 Å². The number of halogens is 3. The molecule has 0 amide bonds. The molecule has 0 radical (unpaired) electrons. The summed E-state index contributed by atoms with van der Waals surface area (Å²) in [4.78, 5) is 15.0. The van der Waals surface area contributed by atoms with Gasteiger partial charge in [-0.1, -0.05) is 0 Å². The Morgan fingerprint density at radius 1 is 1.62 bits per heavy atom. The standard InChI is InChI=1S/C10H10ClF2NO2/c1-5-3-6(4-11)14-8(9(12)13)7(5)10(15)16-2/h3,9H,4H2,1-2H3. The monoisotopic (exact) mass is 249 g/mol. The highest BCUT2D eigenvalue weighted by molar-refractivity contribution is 6.16. The zero-order valence-corrected chi connectivity index (χ0v) is 9.52. The smallest absolute Gasteiger partial charge is 0.340 e. The van der Waals surface area contributed by atoms with Crippen molar-refractivity contribution in [1.29, 1.82) is 0 Å². The first-order valence-electron chi connectivity index (χ1n) is 4.44. The number of hydrogen-bond donors (Lipinski definition) is 0. The lowest BCUT2D eigenvalue weighted by Gasteiger charge is -2.10. The van der Waals surface area contributed by atoms with Crippen molar-refractivity contribution in [3.05, 3.63) is 28.6 Å². The van der Waals surface area contributed by atoms with Gasteiger partial charge in [-0.25, -0.2) is 18.6 Å². The van der Waals surface area contributed by atoms with E-state index in [-0.39, 0.29) is 11.4 Å². The highest BCUT2D eigenvalue weighted by Gasteiger charge is 2.23. The largest absolute Gasteiger partial charge is 0.465 e. The van der Waals surface area contributed by atoms with E-state index in [9.17, 15) is 13.6 Å². The predicted molar refractivity (Wildman–Crippen MR) is 54.8 cm³/mol. The Morgan fingerprint density at radius 3 is 2.69 bits per heavy atom. The average Bonchev–Trinajstić information content (AvgIpc) is 2.26. The molecule has 0 atom stereocenters. The third-order valence-corrected chi connectivity index (χ3v) is 2.30. The second-order valence-electron chi connectivity index (χ2n) is 3.12. The molecule has 0 spiro atoms. The van der Waals surface area contributed by atoms with Crippen LogP contribution in [-0.2, 0) is 10.6 Å². The molecule has 0 aliphatic rings. The van der Waals surface area contributed by atoms with E-state index in [1.54, 1.807) is 0 Å². The van der Waals surface area contributed by atoms with Gasteiger partial charge < -0.3 is 4.74 Å². The van der Waals surface area contributed by atoms with Crippen LogP contribution in [0.5, 0.6) is 0 Å². The van der Waals surface area contributed by atoms with Crippen molar-refractivity contribution >= 4 is 17.6 Å². The van der Waals surface area contributed by atoms with Crippen LogP contribution in [0.2, 0.25) is 0 Å². The molecule has 6 heteroatoms. The zero-order valence-electron chi connectivity index (χ0n) is 8.76. The normalized spacial score (nSPS) is 10.6. The van der Waals surface area contributed by atoms with Crippen LogP contribution < -0.4 is 0 Å². The summed E-state index contributed by atoms with van der Waals surface area (Å²) in [5.41, 5.74) is -0.0798. The van der Waals surface area contributed by atoms with Crippen molar-refractivity contribution in [2.75, 3.05) is 7.11 Å². The summed E-state index contributed by atoms with van der Waals surface area (Å²) < 4.78 is 29.9. The highest BCUT2D eigenvalue weighted by Crippen LogP contribution is 2.25. The summed E-state index contributed by atoms with van der Waals surface area (Å²) >= 11 is 5.52. The Morgan fingerprint density at radius 2 is 2.25 bits per heavy atom. The van der Waals surface area contributed by atoms with Gasteiger partial charge in [0.2, 0.25) is 0 Å². The molecule has 0 N–H and O–H groups in total. The van der Waals surface area contributed by atoms with Gasteiger partial charge in [-0.3, -0.25) is 0 Å². The lowest BCUT2D eigenvalue weighted by atomic mass is 10.1. The van der Waals surface area contributed by atoms with E-state index in [4.69, 9.17) is 11.6 Å². The molecule has 0 aliphatic carbocycles. The van der Waals surface area contributed by atoms with Gasteiger partial charge in [0.25, 0.3) is 6.43 Å². The summed E-state index contributed by atoms with van der Waals surface area (Å²) in [6.45, 7) is 1.54. The number of methoxy groups -OCH3 is 1. The topological polar surface area (TPSA) is 39.2 Å². The number of nitrogens with zero attached hydrogens (tertiary/aromatic N) is 1. The maximum atomic E-state index is 12.7. The maximum Gasteiger partial charge on any atom is 0.340 e. The number of ether oxygens (including phenoxy) is 1. The van der Waals surface area contributed by atoms with Crippen molar-refractivity contribution in [3.8, 4) is 0 Å². The van der Waals surface area contributed by atoms with E-state index in [0.717, 1.165) is 7.11 Å². The Hall–Kier alpha value is -1.23. The molecule has 3 nitrogen and oxygen atoms in total. The number of alkyl halides is 3. The molecular formula is C10H10ClF2NO2. The molecule has 1 aromatic rings. The lowest BCUT2D eigenvalue weighted by Crippen LogP contribution is -2.12.